The second-order valence-electron chi connectivity index (χ2n) is 4.49. The van der Waals surface area contributed by atoms with E-state index >= 15 is 0 Å². The molecule has 0 fully saturated rings. The Morgan fingerprint density at radius 3 is 2.74 bits per heavy atom. The lowest BCUT2D eigenvalue weighted by molar-refractivity contribution is -0.150. The average Bonchev–Trinajstić information content (AvgIpc) is 2.47. The maximum Gasteiger partial charge on any atom is 0.328 e. The predicted octanol–water partition coefficient (Wildman–Crippen LogP) is 3.02. The number of hydrogen-bond donors (Lipinski definition) is 0. The summed E-state index contributed by atoms with van der Waals surface area (Å²) in [5.41, 5.74) is -0.483. The number of esters is 1. The number of nitriles is 1. The molecule has 0 saturated heterocycles. The Morgan fingerprint density at radius 2 is 2.16 bits per heavy atom. The number of carbonyl (C=O) groups is 1. The Kier molecular flexibility index (Phi) is 3.92. The standard InChI is InChI=1S/C15H14ClNO2/c1-19-14(18)15(10-17)12(8-5-9-13(15)16)11-6-3-2-4-7-11/h2-8,12-13H,9H2,1H3. The van der Waals surface area contributed by atoms with Crippen molar-refractivity contribution in [3.63, 3.8) is 0 Å². The molecule has 0 saturated carbocycles. The van der Waals surface area contributed by atoms with Crippen LogP contribution >= 0.6 is 11.6 Å². The van der Waals surface area contributed by atoms with Gasteiger partial charge in [0.25, 0.3) is 0 Å². The Hall–Kier alpha value is -1.79. The van der Waals surface area contributed by atoms with E-state index in [9.17, 15) is 10.1 Å². The summed E-state index contributed by atoms with van der Waals surface area (Å²) < 4.78 is 4.83. The van der Waals surface area contributed by atoms with Crippen LogP contribution in [0.5, 0.6) is 0 Å². The first-order valence-electron chi connectivity index (χ1n) is 6.02. The molecule has 0 spiro atoms. The van der Waals surface area contributed by atoms with Crippen molar-refractivity contribution >= 4 is 17.6 Å². The third-order valence-electron chi connectivity index (χ3n) is 3.52. The van der Waals surface area contributed by atoms with Gasteiger partial charge in [-0.3, -0.25) is 4.79 Å². The molecule has 0 amide bonds. The smallest absolute Gasteiger partial charge is 0.328 e. The molecule has 3 nitrogen and oxygen atoms in total. The van der Waals surface area contributed by atoms with Gasteiger partial charge in [0.1, 0.15) is 0 Å². The predicted molar refractivity (Wildman–Crippen MR) is 72.6 cm³/mol. The minimum atomic E-state index is -1.37. The van der Waals surface area contributed by atoms with Crippen LogP contribution in [0.3, 0.4) is 0 Å². The van der Waals surface area contributed by atoms with Crippen LogP contribution < -0.4 is 0 Å². The number of allylic oxidation sites excluding steroid dienone is 2. The van der Waals surface area contributed by atoms with E-state index < -0.39 is 16.8 Å². The minimum Gasteiger partial charge on any atom is -0.468 e. The summed E-state index contributed by atoms with van der Waals surface area (Å²) in [5.74, 6) is -0.962. The summed E-state index contributed by atoms with van der Waals surface area (Å²) >= 11 is 6.28. The zero-order chi connectivity index (χ0) is 13.9. The molecule has 4 heteroatoms. The molecule has 98 valence electrons. The van der Waals surface area contributed by atoms with Crippen molar-refractivity contribution in [2.45, 2.75) is 17.7 Å². The second kappa shape index (κ2) is 5.46. The van der Waals surface area contributed by atoms with Crippen molar-refractivity contribution in [3.05, 3.63) is 48.0 Å². The first-order chi connectivity index (χ1) is 9.16. The van der Waals surface area contributed by atoms with E-state index in [2.05, 4.69) is 6.07 Å². The average molecular weight is 276 g/mol. The van der Waals surface area contributed by atoms with Crippen LogP contribution in [-0.4, -0.2) is 18.5 Å². The molecule has 1 aliphatic rings. The molecule has 2 rings (SSSR count). The molecule has 1 aromatic carbocycles. The molecule has 0 aliphatic heterocycles. The van der Waals surface area contributed by atoms with Gasteiger partial charge in [-0.25, -0.2) is 0 Å². The number of rotatable bonds is 2. The second-order valence-corrected chi connectivity index (χ2v) is 5.02. The van der Waals surface area contributed by atoms with Crippen LogP contribution in [0.25, 0.3) is 0 Å². The fourth-order valence-corrected chi connectivity index (χ4v) is 2.89. The minimum absolute atomic E-state index is 0.387. The number of ether oxygens (including phenoxy) is 1. The Morgan fingerprint density at radius 1 is 1.47 bits per heavy atom. The van der Waals surface area contributed by atoms with Gasteiger partial charge in [0.05, 0.1) is 18.6 Å². The zero-order valence-corrected chi connectivity index (χ0v) is 11.3. The first-order valence-corrected chi connectivity index (χ1v) is 6.45. The lowest BCUT2D eigenvalue weighted by atomic mass is 9.67. The monoisotopic (exact) mass is 275 g/mol. The number of halogens is 1. The van der Waals surface area contributed by atoms with Crippen molar-refractivity contribution in [2.24, 2.45) is 5.41 Å². The molecule has 0 heterocycles. The third-order valence-corrected chi connectivity index (χ3v) is 4.05. The Labute approximate surface area is 117 Å². The highest BCUT2D eigenvalue weighted by Gasteiger charge is 2.53. The largest absolute Gasteiger partial charge is 0.468 e. The molecule has 0 radical (unpaired) electrons. The van der Waals surface area contributed by atoms with Gasteiger partial charge >= 0.3 is 5.97 Å². The molecule has 0 aromatic heterocycles. The van der Waals surface area contributed by atoms with E-state index in [4.69, 9.17) is 16.3 Å². The summed E-state index contributed by atoms with van der Waals surface area (Å²) in [6, 6.07) is 11.5. The van der Waals surface area contributed by atoms with Gasteiger partial charge in [-0.2, -0.15) is 5.26 Å². The molecule has 3 atom stereocenters. The highest BCUT2D eigenvalue weighted by Crippen LogP contribution is 2.47. The number of alkyl halides is 1. The van der Waals surface area contributed by atoms with Crippen LogP contribution in [0.4, 0.5) is 0 Å². The molecule has 0 N–H and O–H groups in total. The fourth-order valence-electron chi connectivity index (χ4n) is 2.51. The van der Waals surface area contributed by atoms with Gasteiger partial charge in [0.15, 0.2) is 5.41 Å². The molecule has 1 aliphatic carbocycles. The molecular weight excluding hydrogens is 262 g/mol. The van der Waals surface area contributed by atoms with Crippen molar-refractivity contribution < 1.29 is 9.53 Å². The molecule has 0 bridgehead atoms. The number of carbonyl (C=O) groups excluding carboxylic acids is 1. The highest BCUT2D eigenvalue weighted by molar-refractivity contribution is 6.23. The van der Waals surface area contributed by atoms with E-state index in [0.717, 1.165) is 5.56 Å². The van der Waals surface area contributed by atoms with E-state index in [1.54, 1.807) is 0 Å². The van der Waals surface area contributed by atoms with Gasteiger partial charge in [-0.15, -0.1) is 11.6 Å². The maximum absolute atomic E-state index is 12.2. The van der Waals surface area contributed by atoms with Crippen LogP contribution in [0.15, 0.2) is 42.5 Å². The zero-order valence-electron chi connectivity index (χ0n) is 10.5. The third kappa shape index (κ3) is 2.13. The summed E-state index contributed by atoms with van der Waals surface area (Å²) in [4.78, 5) is 12.2. The van der Waals surface area contributed by atoms with E-state index in [-0.39, 0.29) is 5.92 Å². The van der Waals surface area contributed by atoms with Crippen LogP contribution in [-0.2, 0) is 9.53 Å². The summed E-state index contributed by atoms with van der Waals surface area (Å²) in [6.45, 7) is 0. The van der Waals surface area contributed by atoms with Gasteiger partial charge < -0.3 is 4.74 Å². The summed E-state index contributed by atoms with van der Waals surface area (Å²) in [6.07, 6.45) is 4.26. The lowest BCUT2D eigenvalue weighted by Gasteiger charge is -2.37. The van der Waals surface area contributed by atoms with E-state index in [0.29, 0.717) is 6.42 Å². The number of nitrogens with zero attached hydrogens (tertiary/aromatic N) is 1. The van der Waals surface area contributed by atoms with Crippen molar-refractivity contribution in [1.82, 2.24) is 0 Å². The summed E-state index contributed by atoms with van der Waals surface area (Å²) in [7, 11) is 1.28. The number of methoxy groups -OCH3 is 1. The van der Waals surface area contributed by atoms with Crippen molar-refractivity contribution in [1.29, 1.82) is 5.26 Å². The number of benzene rings is 1. The molecule has 3 unspecified atom stereocenters. The Bertz CT molecular complexity index is 535. The van der Waals surface area contributed by atoms with Gasteiger partial charge in [-0.05, 0) is 12.0 Å². The molecular formula is C15H14ClNO2. The van der Waals surface area contributed by atoms with Gasteiger partial charge in [0.2, 0.25) is 0 Å². The van der Waals surface area contributed by atoms with Crippen molar-refractivity contribution in [3.8, 4) is 6.07 Å². The SMILES string of the molecule is COC(=O)C1(C#N)C(Cl)CC=CC1c1ccccc1. The van der Waals surface area contributed by atoms with E-state index in [1.165, 1.54) is 7.11 Å². The fraction of sp³-hybridized carbons (Fsp3) is 0.333. The maximum atomic E-state index is 12.2. The molecule has 1 aromatic rings. The number of hydrogen-bond acceptors (Lipinski definition) is 3. The van der Waals surface area contributed by atoms with Gasteiger partial charge in [0, 0.05) is 5.92 Å². The quantitative estimate of drug-likeness (QED) is 0.474. The van der Waals surface area contributed by atoms with Crippen LogP contribution in [0, 0.1) is 16.7 Å². The van der Waals surface area contributed by atoms with E-state index in [1.807, 2.05) is 42.5 Å². The Balaban J connectivity index is 2.56. The topological polar surface area (TPSA) is 50.1 Å². The summed E-state index contributed by atoms with van der Waals surface area (Å²) in [5, 5.41) is 8.98. The lowest BCUT2D eigenvalue weighted by Crippen LogP contribution is -2.45. The first kappa shape index (κ1) is 13.6. The molecule has 19 heavy (non-hydrogen) atoms. The van der Waals surface area contributed by atoms with Crippen LogP contribution in [0.1, 0.15) is 17.9 Å². The normalized spacial score (nSPS) is 29.5. The van der Waals surface area contributed by atoms with Crippen molar-refractivity contribution in [2.75, 3.05) is 7.11 Å². The van der Waals surface area contributed by atoms with Gasteiger partial charge in [-0.1, -0.05) is 42.5 Å². The van der Waals surface area contributed by atoms with Crippen LogP contribution in [0.2, 0.25) is 0 Å². The highest BCUT2D eigenvalue weighted by atomic mass is 35.5.